The predicted molar refractivity (Wildman–Crippen MR) is 120 cm³/mol. The second-order valence-corrected chi connectivity index (χ2v) is 6.92. The zero-order valence-corrected chi connectivity index (χ0v) is 16.4. The lowest BCUT2D eigenvalue weighted by Gasteiger charge is -2.10. The Labute approximate surface area is 174 Å². The van der Waals surface area contributed by atoms with Gasteiger partial charge in [0, 0.05) is 29.0 Å². The van der Waals surface area contributed by atoms with Gasteiger partial charge in [0.25, 0.3) is 0 Å². The normalized spacial score (nSPS) is 13.6. The summed E-state index contributed by atoms with van der Waals surface area (Å²) in [4.78, 5) is 9.23. The maximum Gasteiger partial charge on any atom is 0.224 e. The summed E-state index contributed by atoms with van der Waals surface area (Å²) in [6, 6.07) is 25.3. The number of nitrogens with zero attached hydrogens (tertiary/aromatic N) is 3. The molecular formula is C25H19N3O2. The molecule has 1 aromatic heterocycles. The van der Waals surface area contributed by atoms with Gasteiger partial charge in [-0.05, 0) is 24.3 Å². The van der Waals surface area contributed by atoms with Crippen LogP contribution in [0.5, 0.6) is 11.6 Å². The SMILES string of the molecule is COc1cccc(-n2c(-c3ccccc3)nc(C=C3C=Nc4ccccc43)c2O)c1. The van der Waals surface area contributed by atoms with Gasteiger partial charge in [-0.25, -0.2) is 4.98 Å². The van der Waals surface area contributed by atoms with Crippen LogP contribution in [0.3, 0.4) is 0 Å². The Morgan fingerprint density at radius 3 is 2.57 bits per heavy atom. The van der Waals surface area contributed by atoms with Crippen LogP contribution in [0, 0.1) is 0 Å². The monoisotopic (exact) mass is 393 g/mol. The maximum atomic E-state index is 11.2. The molecule has 0 amide bonds. The van der Waals surface area contributed by atoms with Gasteiger partial charge in [-0.3, -0.25) is 9.56 Å². The molecule has 0 bridgehead atoms. The second-order valence-electron chi connectivity index (χ2n) is 6.92. The second kappa shape index (κ2) is 7.37. The lowest BCUT2D eigenvalue weighted by molar-refractivity contribution is 0.414. The van der Waals surface area contributed by atoms with E-state index in [0.29, 0.717) is 17.3 Å². The third-order valence-electron chi connectivity index (χ3n) is 5.07. The summed E-state index contributed by atoms with van der Waals surface area (Å²) in [6.45, 7) is 0. The molecule has 3 aromatic carbocycles. The molecule has 0 aliphatic carbocycles. The molecule has 5 rings (SSSR count). The summed E-state index contributed by atoms with van der Waals surface area (Å²) in [6.07, 6.45) is 3.67. The lowest BCUT2D eigenvalue weighted by Crippen LogP contribution is -1.97. The third-order valence-corrected chi connectivity index (χ3v) is 5.07. The molecule has 1 aliphatic heterocycles. The summed E-state index contributed by atoms with van der Waals surface area (Å²) in [5.74, 6) is 1.42. The molecule has 0 atom stereocenters. The smallest absolute Gasteiger partial charge is 0.224 e. The summed E-state index contributed by atoms with van der Waals surface area (Å²) < 4.78 is 7.11. The molecule has 0 fully saturated rings. The Bertz CT molecular complexity index is 1290. The number of rotatable bonds is 4. The predicted octanol–water partition coefficient (Wildman–Crippen LogP) is 5.51. The van der Waals surface area contributed by atoms with E-state index >= 15 is 0 Å². The van der Waals surface area contributed by atoms with E-state index in [0.717, 1.165) is 28.1 Å². The molecule has 1 aliphatic rings. The first-order chi connectivity index (χ1) is 14.7. The van der Waals surface area contributed by atoms with E-state index in [1.807, 2.05) is 84.9 Å². The van der Waals surface area contributed by atoms with Crippen LogP contribution in [0.25, 0.3) is 28.7 Å². The van der Waals surface area contributed by atoms with Gasteiger partial charge in [0.15, 0.2) is 0 Å². The number of allylic oxidation sites excluding steroid dienone is 1. The van der Waals surface area contributed by atoms with Crippen molar-refractivity contribution in [2.45, 2.75) is 0 Å². The molecule has 30 heavy (non-hydrogen) atoms. The highest BCUT2D eigenvalue weighted by atomic mass is 16.5. The van der Waals surface area contributed by atoms with Crippen molar-refractivity contribution in [1.82, 2.24) is 9.55 Å². The first kappa shape index (κ1) is 17.9. The van der Waals surface area contributed by atoms with E-state index in [1.54, 1.807) is 17.9 Å². The Morgan fingerprint density at radius 1 is 0.933 bits per heavy atom. The molecule has 0 saturated carbocycles. The van der Waals surface area contributed by atoms with Crippen LogP contribution >= 0.6 is 0 Å². The fourth-order valence-corrected chi connectivity index (χ4v) is 3.60. The molecule has 5 heteroatoms. The van der Waals surface area contributed by atoms with Gasteiger partial charge in [0.05, 0.1) is 18.5 Å². The van der Waals surface area contributed by atoms with Crippen LogP contribution in [0.15, 0.2) is 83.9 Å². The number of fused-ring (bicyclic) bond motifs is 1. The fraction of sp³-hybridized carbons (Fsp3) is 0.0400. The molecule has 2 heterocycles. The van der Waals surface area contributed by atoms with Crippen LogP contribution in [0.1, 0.15) is 11.3 Å². The molecule has 0 unspecified atom stereocenters. The van der Waals surface area contributed by atoms with Crippen LogP contribution in [0.2, 0.25) is 0 Å². The first-order valence-electron chi connectivity index (χ1n) is 9.61. The number of benzene rings is 3. The van der Waals surface area contributed by atoms with Crippen LogP contribution in [-0.2, 0) is 0 Å². The van der Waals surface area contributed by atoms with E-state index < -0.39 is 0 Å². The quantitative estimate of drug-likeness (QED) is 0.497. The van der Waals surface area contributed by atoms with E-state index in [2.05, 4.69) is 4.99 Å². The van der Waals surface area contributed by atoms with Gasteiger partial charge in [-0.2, -0.15) is 0 Å². The Kier molecular flexibility index (Phi) is 4.41. The van der Waals surface area contributed by atoms with Gasteiger partial charge in [-0.1, -0.05) is 54.6 Å². The maximum absolute atomic E-state index is 11.2. The van der Waals surface area contributed by atoms with Crippen molar-refractivity contribution in [2.75, 3.05) is 7.11 Å². The molecule has 4 aromatic rings. The number of aromatic nitrogens is 2. The lowest BCUT2D eigenvalue weighted by atomic mass is 10.1. The van der Waals surface area contributed by atoms with Crippen molar-refractivity contribution < 1.29 is 9.84 Å². The van der Waals surface area contributed by atoms with Crippen LogP contribution in [-0.4, -0.2) is 28.0 Å². The zero-order valence-electron chi connectivity index (χ0n) is 16.4. The van der Waals surface area contributed by atoms with Gasteiger partial charge < -0.3 is 9.84 Å². The molecule has 0 radical (unpaired) electrons. The molecule has 0 spiro atoms. The summed E-state index contributed by atoms with van der Waals surface area (Å²) in [7, 11) is 1.62. The highest BCUT2D eigenvalue weighted by molar-refractivity contribution is 6.21. The molecular weight excluding hydrogens is 374 g/mol. The third kappa shape index (κ3) is 3.06. The minimum Gasteiger partial charge on any atom is -0.497 e. The standard InChI is InChI=1S/C25H19N3O2/c1-30-20-11-7-10-19(15-20)28-24(17-8-3-2-4-9-17)27-23(25(28)29)14-18-16-26-22-13-6-5-12-21(18)22/h2-16,29H,1H3. The minimum atomic E-state index is 0.0624. The van der Waals surface area contributed by atoms with Gasteiger partial charge in [0.2, 0.25) is 5.88 Å². The number of hydrogen-bond donors (Lipinski definition) is 1. The molecule has 146 valence electrons. The van der Waals surface area contributed by atoms with Crippen molar-refractivity contribution in [1.29, 1.82) is 0 Å². The minimum absolute atomic E-state index is 0.0624. The summed E-state index contributed by atoms with van der Waals surface area (Å²) in [5.41, 5.74) is 5.00. The molecule has 0 saturated heterocycles. The zero-order chi connectivity index (χ0) is 20.5. The topological polar surface area (TPSA) is 59.6 Å². The van der Waals surface area contributed by atoms with Crippen molar-refractivity contribution in [3.05, 3.63) is 90.1 Å². The van der Waals surface area contributed by atoms with Crippen molar-refractivity contribution in [3.8, 4) is 28.7 Å². The summed E-state index contributed by atoms with van der Waals surface area (Å²) >= 11 is 0. The van der Waals surface area contributed by atoms with E-state index in [4.69, 9.17) is 9.72 Å². The van der Waals surface area contributed by atoms with Crippen molar-refractivity contribution in [2.24, 2.45) is 4.99 Å². The number of methoxy groups -OCH3 is 1. The average molecular weight is 393 g/mol. The van der Waals surface area contributed by atoms with Crippen molar-refractivity contribution >= 4 is 23.6 Å². The number of hydrogen-bond acceptors (Lipinski definition) is 4. The first-order valence-corrected chi connectivity index (χ1v) is 9.61. The number of aliphatic imine (C=N–C) groups is 1. The Hall–Kier alpha value is -4.12. The van der Waals surface area contributed by atoms with E-state index in [1.165, 1.54) is 0 Å². The van der Waals surface area contributed by atoms with E-state index in [-0.39, 0.29) is 5.88 Å². The molecule has 1 N–H and O–H groups in total. The van der Waals surface area contributed by atoms with Crippen LogP contribution in [0.4, 0.5) is 5.69 Å². The highest BCUT2D eigenvalue weighted by Crippen LogP contribution is 2.36. The summed E-state index contributed by atoms with van der Waals surface area (Å²) in [5, 5.41) is 11.2. The highest BCUT2D eigenvalue weighted by Gasteiger charge is 2.20. The average Bonchev–Trinajstić information content (AvgIpc) is 3.36. The Balaban J connectivity index is 1.70. The fourth-order valence-electron chi connectivity index (χ4n) is 3.60. The van der Waals surface area contributed by atoms with E-state index in [9.17, 15) is 5.11 Å². The largest absolute Gasteiger partial charge is 0.497 e. The number of aromatic hydroxyl groups is 1. The number of ether oxygens (including phenoxy) is 1. The number of para-hydroxylation sites is 1. The Morgan fingerprint density at radius 2 is 1.73 bits per heavy atom. The van der Waals surface area contributed by atoms with Gasteiger partial charge >= 0.3 is 0 Å². The van der Waals surface area contributed by atoms with Gasteiger partial charge in [0.1, 0.15) is 17.3 Å². The number of imidazole rings is 1. The molecule has 5 nitrogen and oxygen atoms in total. The van der Waals surface area contributed by atoms with Gasteiger partial charge in [-0.15, -0.1) is 0 Å². The van der Waals surface area contributed by atoms with Crippen molar-refractivity contribution in [3.63, 3.8) is 0 Å². The van der Waals surface area contributed by atoms with Crippen LogP contribution < -0.4 is 4.74 Å².